The van der Waals surface area contributed by atoms with E-state index in [1.807, 2.05) is 48.5 Å². The number of aromatic nitrogens is 2. The standard InChI is InChI=1S/C26H20N2O3/c1-3-17-12-14-19(15-13-17)25-27-26(31-28-25)21-11-7-10-20-22(29)16(2)23(30-24(20)21)18-8-5-4-6-9-18/h4-15H,3H2,1-2H3. The van der Waals surface area contributed by atoms with Crippen LogP contribution in [0, 0.1) is 6.92 Å². The maximum Gasteiger partial charge on any atom is 0.262 e. The maximum atomic E-state index is 13.1. The summed E-state index contributed by atoms with van der Waals surface area (Å²) in [7, 11) is 0. The van der Waals surface area contributed by atoms with E-state index in [-0.39, 0.29) is 5.43 Å². The topological polar surface area (TPSA) is 69.1 Å². The molecule has 3 aromatic carbocycles. The Morgan fingerprint density at radius 1 is 0.871 bits per heavy atom. The molecule has 0 N–H and O–H groups in total. The fourth-order valence-corrected chi connectivity index (χ4v) is 3.68. The fourth-order valence-electron chi connectivity index (χ4n) is 3.68. The predicted molar refractivity (Wildman–Crippen MR) is 121 cm³/mol. The summed E-state index contributed by atoms with van der Waals surface area (Å²) in [6, 6.07) is 23.1. The molecule has 5 rings (SSSR count). The zero-order valence-electron chi connectivity index (χ0n) is 17.3. The molecule has 0 unspecified atom stereocenters. The molecule has 0 fully saturated rings. The van der Waals surface area contributed by atoms with Crippen molar-refractivity contribution < 1.29 is 8.94 Å². The molecule has 5 heteroatoms. The molecule has 0 aliphatic heterocycles. The second-order valence-electron chi connectivity index (χ2n) is 7.41. The van der Waals surface area contributed by atoms with Crippen LogP contribution in [0.3, 0.4) is 0 Å². The largest absolute Gasteiger partial charge is 0.455 e. The maximum absolute atomic E-state index is 13.1. The Balaban J connectivity index is 1.66. The van der Waals surface area contributed by atoms with Gasteiger partial charge in [0.25, 0.3) is 5.89 Å². The molecule has 0 aliphatic rings. The molecule has 0 saturated carbocycles. The normalized spacial score (nSPS) is 11.2. The minimum atomic E-state index is -0.0724. The lowest BCUT2D eigenvalue weighted by Crippen LogP contribution is -2.07. The van der Waals surface area contributed by atoms with Gasteiger partial charge in [-0.3, -0.25) is 4.79 Å². The molecule has 0 spiro atoms. The third kappa shape index (κ3) is 3.34. The summed E-state index contributed by atoms with van der Waals surface area (Å²) in [5.74, 6) is 1.35. The second-order valence-corrected chi connectivity index (χ2v) is 7.41. The molecule has 0 aliphatic carbocycles. The second kappa shape index (κ2) is 7.69. The molecule has 5 nitrogen and oxygen atoms in total. The summed E-state index contributed by atoms with van der Waals surface area (Å²) in [6.45, 7) is 3.90. The number of para-hydroxylation sites is 1. The van der Waals surface area contributed by atoms with E-state index in [1.165, 1.54) is 5.56 Å². The number of fused-ring (bicyclic) bond motifs is 1. The van der Waals surface area contributed by atoms with E-state index in [1.54, 1.807) is 19.1 Å². The smallest absolute Gasteiger partial charge is 0.262 e. The van der Waals surface area contributed by atoms with Crippen LogP contribution in [0.1, 0.15) is 18.1 Å². The van der Waals surface area contributed by atoms with Crippen LogP contribution in [-0.2, 0) is 6.42 Å². The molecule has 2 aromatic heterocycles. The first-order chi connectivity index (χ1) is 15.2. The van der Waals surface area contributed by atoms with Gasteiger partial charge in [-0.1, -0.05) is 72.7 Å². The van der Waals surface area contributed by atoms with Gasteiger partial charge in [-0.25, -0.2) is 0 Å². The minimum Gasteiger partial charge on any atom is -0.455 e. The van der Waals surface area contributed by atoms with Crippen molar-refractivity contribution in [3.8, 4) is 34.2 Å². The van der Waals surface area contributed by atoms with E-state index >= 15 is 0 Å². The van der Waals surface area contributed by atoms with Crippen molar-refractivity contribution in [1.29, 1.82) is 0 Å². The highest BCUT2D eigenvalue weighted by molar-refractivity contribution is 5.91. The molecule has 0 amide bonds. The molecular formula is C26H20N2O3. The van der Waals surface area contributed by atoms with Crippen LogP contribution in [0.15, 0.2) is 86.5 Å². The predicted octanol–water partition coefficient (Wildman–Crippen LogP) is 6.05. The van der Waals surface area contributed by atoms with Crippen LogP contribution >= 0.6 is 0 Å². The summed E-state index contributed by atoms with van der Waals surface area (Å²) in [6.07, 6.45) is 0.968. The lowest BCUT2D eigenvalue weighted by molar-refractivity contribution is 0.432. The minimum absolute atomic E-state index is 0.0724. The number of hydrogen-bond donors (Lipinski definition) is 0. The molecule has 0 bridgehead atoms. The van der Waals surface area contributed by atoms with Crippen LogP contribution in [-0.4, -0.2) is 10.1 Å². The van der Waals surface area contributed by atoms with E-state index in [4.69, 9.17) is 8.94 Å². The van der Waals surface area contributed by atoms with Crippen molar-refractivity contribution >= 4 is 11.0 Å². The average molecular weight is 408 g/mol. The molecular weight excluding hydrogens is 388 g/mol. The first-order valence-electron chi connectivity index (χ1n) is 10.2. The van der Waals surface area contributed by atoms with Crippen LogP contribution in [0.2, 0.25) is 0 Å². The zero-order valence-corrected chi connectivity index (χ0v) is 17.3. The van der Waals surface area contributed by atoms with Crippen molar-refractivity contribution in [2.75, 3.05) is 0 Å². The summed E-state index contributed by atoms with van der Waals surface area (Å²) in [4.78, 5) is 17.6. The third-order valence-corrected chi connectivity index (χ3v) is 5.46. The quantitative estimate of drug-likeness (QED) is 0.362. The number of rotatable bonds is 4. The molecule has 0 radical (unpaired) electrons. The van der Waals surface area contributed by atoms with E-state index in [2.05, 4.69) is 29.2 Å². The van der Waals surface area contributed by atoms with Gasteiger partial charge >= 0.3 is 0 Å². The van der Waals surface area contributed by atoms with Crippen LogP contribution < -0.4 is 5.43 Å². The Morgan fingerprint density at radius 3 is 2.39 bits per heavy atom. The number of hydrogen-bond acceptors (Lipinski definition) is 5. The molecule has 31 heavy (non-hydrogen) atoms. The van der Waals surface area contributed by atoms with E-state index in [0.717, 1.165) is 17.5 Å². The van der Waals surface area contributed by atoms with E-state index < -0.39 is 0 Å². The average Bonchev–Trinajstić information content (AvgIpc) is 3.32. The van der Waals surface area contributed by atoms with Crippen LogP contribution in [0.4, 0.5) is 0 Å². The first kappa shape index (κ1) is 19.0. The van der Waals surface area contributed by atoms with Gasteiger partial charge in [0.2, 0.25) is 5.82 Å². The SMILES string of the molecule is CCc1ccc(-c2noc(-c3cccc4c(=O)c(C)c(-c5ccccc5)oc34)n2)cc1. The lowest BCUT2D eigenvalue weighted by Gasteiger charge is -2.08. The van der Waals surface area contributed by atoms with Crippen LogP contribution in [0.5, 0.6) is 0 Å². The highest BCUT2D eigenvalue weighted by Gasteiger charge is 2.19. The lowest BCUT2D eigenvalue weighted by atomic mass is 10.0. The van der Waals surface area contributed by atoms with Gasteiger partial charge in [0.05, 0.1) is 10.9 Å². The molecule has 2 heterocycles. The Morgan fingerprint density at radius 2 is 1.65 bits per heavy atom. The summed E-state index contributed by atoms with van der Waals surface area (Å²) in [5.41, 5.74) is 4.48. The summed E-state index contributed by atoms with van der Waals surface area (Å²) in [5, 5.41) is 4.63. The van der Waals surface area contributed by atoms with E-state index in [0.29, 0.717) is 39.6 Å². The number of benzene rings is 3. The molecule has 152 valence electrons. The van der Waals surface area contributed by atoms with Gasteiger partial charge < -0.3 is 8.94 Å². The molecule has 0 saturated heterocycles. The third-order valence-electron chi connectivity index (χ3n) is 5.46. The molecule has 0 atom stereocenters. The summed E-state index contributed by atoms with van der Waals surface area (Å²) >= 11 is 0. The van der Waals surface area contributed by atoms with Crippen molar-refractivity contribution in [3.63, 3.8) is 0 Å². The Bertz CT molecular complexity index is 1430. The highest BCUT2D eigenvalue weighted by Crippen LogP contribution is 2.32. The monoisotopic (exact) mass is 408 g/mol. The Hall–Kier alpha value is -3.99. The van der Waals surface area contributed by atoms with Gasteiger partial charge in [0.1, 0.15) is 5.76 Å². The fraction of sp³-hybridized carbons (Fsp3) is 0.115. The van der Waals surface area contributed by atoms with Gasteiger partial charge in [-0.05, 0) is 31.0 Å². The van der Waals surface area contributed by atoms with Crippen molar-refractivity contribution in [1.82, 2.24) is 10.1 Å². The Labute approximate surface area is 179 Å². The van der Waals surface area contributed by atoms with Gasteiger partial charge in [-0.2, -0.15) is 4.98 Å². The van der Waals surface area contributed by atoms with Gasteiger partial charge in [-0.15, -0.1) is 0 Å². The first-order valence-corrected chi connectivity index (χ1v) is 10.2. The van der Waals surface area contributed by atoms with Crippen molar-refractivity contribution in [3.05, 3.63) is 94.1 Å². The molecule has 5 aromatic rings. The van der Waals surface area contributed by atoms with Crippen molar-refractivity contribution in [2.45, 2.75) is 20.3 Å². The Kier molecular flexibility index (Phi) is 4.71. The van der Waals surface area contributed by atoms with Gasteiger partial charge in [0, 0.05) is 16.7 Å². The highest BCUT2D eigenvalue weighted by atomic mass is 16.5. The summed E-state index contributed by atoms with van der Waals surface area (Å²) < 4.78 is 11.8. The van der Waals surface area contributed by atoms with Crippen LogP contribution in [0.25, 0.3) is 45.1 Å². The van der Waals surface area contributed by atoms with Gasteiger partial charge in [0.15, 0.2) is 11.0 Å². The van der Waals surface area contributed by atoms with Crippen molar-refractivity contribution in [2.24, 2.45) is 0 Å². The number of nitrogens with zero attached hydrogens (tertiary/aromatic N) is 2. The number of aryl methyl sites for hydroxylation is 1. The van der Waals surface area contributed by atoms with E-state index in [9.17, 15) is 4.79 Å². The zero-order chi connectivity index (χ0) is 21.4.